The van der Waals surface area contributed by atoms with Crippen LogP contribution in [0.5, 0.6) is 11.5 Å². The number of ether oxygens (including phenoxy) is 3. The molecule has 0 heterocycles. The monoisotopic (exact) mass is 357 g/mol. The van der Waals surface area contributed by atoms with Crippen LogP contribution in [0.2, 0.25) is 0 Å². The molecule has 0 radical (unpaired) electrons. The second-order valence-corrected chi connectivity index (χ2v) is 6.31. The van der Waals surface area contributed by atoms with Crippen molar-refractivity contribution in [2.24, 2.45) is 5.92 Å². The minimum absolute atomic E-state index is 0.111. The molecule has 0 aliphatic carbocycles. The van der Waals surface area contributed by atoms with Crippen molar-refractivity contribution in [3.05, 3.63) is 59.7 Å². The lowest BCUT2D eigenvalue weighted by molar-refractivity contribution is 0.0918. The Morgan fingerprint density at radius 1 is 1.00 bits per heavy atom. The molecule has 0 aliphatic heterocycles. The molecule has 0 fully saturated rings. The lowest BCUT2D eigenvalue weighted by atomic mass is 9.95. The maximum Gasteiger partial charge on any atom is 0.255 e. The third kappa shape index (κ3) is 5.23. The van der Waals surface area contributed by atoms with Crippen molar-refractivity contribution in [3.63, 3.8) is 0 Å². The smallest absolute Gasteiger partial charge is 0.255 e. The van der Waals surface area contributed by atoms with Crippen molar-refractivity contribution in [2.45, 2.75) is 19.9 Å². The summed E-state index contributed by atoms with van der Waals surface area (Å²) in [5.74, 6) is 1.42. The van der Waals surface area contributed by atoms with E-state index in [2.05, 4.69) is 19.2 Å². The van der Waals surface area contributed by atoms with Crippen molar-refractivity contribution >= 4 is 5.91 Å². The summed E-state index contributed by atoms with van der Waals surface area (Å²) in [6.45, 7) is 5.02. The van der Waals surface area contributed by atoms with Gasteiger partial charge in [0.2, 0.25) is 0 Å². The van der Waals surface area contributed by atoms with Crippen molar-refractivity contribution in [3.8, 4) is 11.5 Å². The standard InChI is InChI=1S/C21H27NO4/c1-15(2)20(16-9-11-17(25-4)12-10-16)22-21(23)18-7-5-6-8-19(18)26-14-13-24-3/h5-12,15,20H,13-14H2,1-4H3,(H,22,23). The summed E-state index contributed by atoms with van der Waals surface area (Å²) in [7, 11) is 3.25. The number of amides is 1. The first kappa shape index (κ1) is 19.8. The number of hydrogen-bond donors (Lipinski definition) is 1. The Kier molecular flexibility index (Phi) is 7.48. The van der Waals surface area contributed by atoms with Gasteiger partial charge in [-0.15, -0.1) is 0 Å². The Labute approximate surface area is 155 Å². The largest absolute Gasteiger partial charge is 0.497 e. The lowest BCUT2D eigenvalue weighted by Gasteiger charge is -2.24. The average molecular weight is 357 g/mol. The van der Waals surface area contributed by atoms with Crippen molar-refractivity contribution < 1.29 is 19.0 Å². The van der Waals surface area contributed by atoms with Crippen LogP contribution >= 0.6 is 0 Å². The van der Waals surface area contributed by atoms with Gasteiger partial charge in [0.1, 0.15) is 18.1 Å². The Hall–Kier alpha value is -2.53. The fourth-order valence-corrected chi connectivity index (χ4v) is 2.68. The number of carbonyl (C=O) groups excluding carboxylic acids is 1. The number of benzene rings is 2. The lowest BCUT2D eigenvalue weighted by Crippen LogP contribution is -2.32. The van der Waals surface area contributed by atoms with Gasteiger partial charge in [-0.25, -0.2) is 0 Å². The quantitative estimate of drug-likeness (QED) is 0.693. The second kappa shape index (κ2) is 9.82. The normalized spacial score (nSPS) is 11.9. The van der Waals surface area contributed by atoms with Crippen molar-refractivity contribution in [1.82, 2.24) is 5.32 Å². The van der Waals surface area contributed by atoms with Crippen LogP contribution in [0.1, 0.15) is 35.8 Å². The molecule has 5 heteroatoms. The molecule has 2 aromatic rings. The third-order valence-electron chi connectivity index (χ3n) is 4.10. The Balaban J connectivity index is 2.17. The molecular formula is C21H27NO4. The molecule has 2 aromatic carbocycles. The number of rotatable bonds is 9. The van der Waals surface area contributed by atoms with Crippen LogP contribution in [0.25, 0.3) is 0 Å². The predicted molar refractivity (Wildman–Crippen MR) is 102 cm³/mol. The van der Waals surface area contributed by atoms with E-state index in [9.17, 15) is 4.79 Å². The Bertz CT molecular complexity index is 697. The molecule has 0 aromatic heterocycles. The maximum absolute atomic E-state index is 12.9. The zero-order valence-corrected chi connectivity index (χ0v) is 15.8. The number of hydrogen-bond acceptors (Lipinski definition) is 4. The average Bonchev–Trinajstić information content (AvgIpc) is 2.66. The predicted octanol–water partition coefficient (Wildman–Crippen LogP) is 3.85. The first-order valence-electron chi connectivity index (χ1n) is 8.72. The highest BCUT2D eigenvalue weighted by molar-refractivity contribution is 5.97. The number of carbonyl (C=O) groups is 1. The summed E-state index contributed by atoms with van der Waals surface area (Å²) in [6, 6.07) is 14.9. The van der Waals surface area contributed by atoms with Gasteiger partial charge in [0.25, 0.3) is 5.91 Å². The van der Waals surface area contributed by atoms with Crippen LogP contribution in [0.4, 0.5) is 0 Å². The van der Waals surface area contributed by atoms with E-state index in [0.29, 0.717) is 24.5 Å². The van der Waals surface area contributed by atoms with Gasteiger partial charge >= 0.3 is 0 Å². The fourth-order valence-electron chi connectivity index (χ4n) is 2.68. The van der Waals surface area contributed by atoms with E-state index in [4.69, 9.17) is 14.2 Å². The van der Waals surface area contributed by atoms with Crippen LogP contribution < -0.4 is 14.8 Å². The van der Waals surface area contributed by atoms with E-state index in [-0.39, 0.29) is 17.9 Å². The molecule has 1 amide bonds. The zero-order chi connectivity index (χ0) is 18.9. The first-order chi connectivity index (χ1) is 12.6. The van der Waals surface area contributed by atoms with Gasteiger partial charge in [-0.05, 0) is 35.7 Å². The van der Waals surface area contributed by atoms with Crippen LogP contribution in [-0.4, -0.2) is 33.3 Å². The molecule has 0 spiro atoms. The number of para-hydroxylation sites is 1. The molecule has 0 saturated carbocycles. The molecule has 26 heavy (non-hydrogen) atoms. The van der Waals surface area contributed by atoms with Crippen LogP contribution in [0.15, 0.2) is 48.5 Å². The van der Waals surface area contributed by atoms with E-state index in [1.165, 1.54) is 0 Å². The molecular weight excluding hydrogens is 330 g/mol. The zero-order valence-electron chi connectivity index (χ0n) is 15.8. The molecule has 1 atom stereocenters. The minimum atomic E-state index is -0.160. The molecule has 1 unspecified atom stereocenters. The SMILES string of the molecule is COCCOc1ccccc1C(=O)NC(c1ccc(OC)cc1)C(C)C. The van der Waals surface area contributed by atoms with Gasteiger partial charge in [0, 0.05) is 7.11 Å². The summed E-state index contributed by atoms with van der Waals surface area (Å²) < 4.78 is 15.9. The first-order valence-corrected chi connectivity index (χ1v) is 8.72. The van der Waals surface area contributed by atoms with E-state index in [0.717, 1.165) is 11.3 Å². The summed E-state index contributed by atoms with van der Waals surface area (Å²) in [4.78, 5) is 12.9. The fraction of sp³-hybridized carbons (Fsp3) is 0.381. The Morgan fingerprint density at radius 3 is 2.31 bits per heavy atom. The summed E-state index contributed by atoms with van der Waals surface area (Å²) in [6.07, 6.45) is 0. The molecule has 140 valence electrons. The van der Waals surface area contributed by atoms with E-state index < -0.39 is 0 Å². The highest BCUT2D eigenvalue weighted by atomic mass is 16.5. The van der Waals surface area contributed by atoms with Gasteiger partial charge in [-0.2, -0.15) is 0 Å². The van der Waals surface area contributed by atoms with E-state index in [1.807, 2.05) is 36.4 Å². The number of nitrogens with one attached hydrogen (secondary N) is 1. The molecule has 1 N–H and O–H groups in total. The van der Waals surface area contributed by atoms with E-state index in [1.54, 1.807) is 26.4 Å². The summed E-state index contributed by atoms with van der Waals surface area (Å²) in [5.41, 5.74) is 1.55. The van der Waals surface area contributed by atoms with Gasteiger partial charge in [-0.3, -0.25) is 4.79 Å². The molecule has 0 saturated heterocycles. The van der Waals surface area contributed by atoms with Gasteiger partial charge in [-0.1, -0.05) is 38.1 Å². The van der Waals surface area contributed by atoms with Crippen LogP contribution in [-0.2, 0) is 4.74 Å². The number of methoxy groups -OCH3 is 2. The van der Waals surface area contributed by atoms with Gasteiger partial charge in [0.15, 0.2) is 0 Å². The topological polar surface area (TPSA) is 56.8 Å². The molecule has 0 bridgehead atoms. The molecule has 5 nitrogen and oxygen atoms in total. The van der Waals surface area contributed by atoms with Gasteiger partial charge in [0.05, 0.1) is 25.3 Å². The Morgan fingerprint density at radius 2 is 1.69 bits per heavy atom. The van der Waals surface area contributed by atoms with Gasteiger partial charge < -0.3 is 19.5 Å². The summed E-state index contributed by atoms with van der Waals surface area (Å²) in [5, 5.41) is 3.13. The van der Waals surface area contributed by atoms with Crippen molar-refractivity contribution in [2.75, 3.05) is 27.4 Å². The highest BCUT2D eigenvalue weighted by Crippen LogP contribution is 2.26. The van der Waals surface area contributed by atoms with E-state index >= 15 is 0 Å². The molecule has 2 rings (SSSR count). The second-order valence-electron chi connectivity index (χ2n) is 6.31. The third-order valence-corrected chi connectivity index (χ3v) is 4.10. The van der Waals surface area contributed by atoms with Crippen molar-refractivity contribution in [1.29, 1.82) is 0 Å². The summed E-state index contributed by atoms with van der Waals surface area (Å²) >= 11 is 0. The van der Waals surface area contributed by atoms with Crippen LogP contribution in [0.3, 0.4) is 0 Å². The van der Waals surface area contributed by atoms with Crippen LogP contribution in [0, 0.1) is 5.92 Å². The minimum Gasteiger partial charge on any atom is -0.497 e. The maximum atomic E-state index is 12.9. The molecule has 0 aliphatic rings. The highest BCUT2D eigenvalue weighted by Gasteiger charge is 2.21.